The topological polar surface area (TPSA) is 0 Å². The second-order valence-electron chi connectivity index (χ2n) is 13.4. The number of rotatable bonds is 7. The van der Waals surface area contributed by atoms with Crippen molar-refractivity contribution in [1.82, 2.24) is 0 Å². The lowest BCUT2D eigenvalue weighted by Crippen LogP contribution is -2.29. The molecule has 0 bridgehead atoms. The fourth-order valence-electron chi connectivity index (χ4n) is 7.44. The van der Waals surface area contributed by atoms with Gasteiger partial charge in [-0.1, -0.05) is 146 Å². The van der Waals surface area contributed by atoms with Gasteiger partial charge in [0, 0.05) is 31.0 Å². The Kier molecular flexibility index (Phi) is 8.50. The molecule has 7 aromatic carbocycles. The van der Waals surface area contributed by atoms with Crippen molar-refractivity contribution in [3.63, 3.8) is 0 Å². The van der Waals surface area contributed by atoms with E-state index in [9.17, 15) is 0 Å². The average Bonchev–Trinajstić information content (AvgIpc) is 3.58. The van der Waals surface area contributed by atoms with Crippen molar-refractivity contribution in [2.75, 3.05) is 0 Å². The van der Waals surface area contributed by atoms with E-state index in [1.165, 1.54) is 81.0 Å². The zero-order valence-corrected chi connectivity index (χ0v) is 30.3. The summed E-state index contributed by atoms with van der Waals surface area (Å²) < 4.78 is 2.57. The van der Waals surface area contributed by atoms with Crippen LogP contribution >= 0.6 is 11.3 Å². The Bertz CT molecular complexity index is 2990. The van der Waals surface area contributed by atoms with Crippen LogP contribution in [0.15, 0.2) is 188 Å². The molecule has 1 aromatic heterocycles. The average molecular weight is 693 g/mol. The molecule has 0 saturated heterocycles. The van der Waals surface area contributed by atoms with Crippen molar-refractivity contribution in [3.8, 4) is 44.5 Å². The molecule has 0 spiro atoms. The molecule has 0 saturated carbocycles. The molecule has 0 N–H and O–H groups in total. The summed E-state index contributed by atoms with van der Waals surface area (Å²) in [7, 11) is 0. The number of fused-ring (bicyclic) bond motifs is 5. The van der Waals surface area contributed by atoms with Crippen LogP contribution in [0, 0.1) is 0 Å². The van der Waals surface area contributed by atoms with E-state index in [1.54, 1.807) is 0 Å². The first-order chi connectivity index (χ1) is 26.1. The van der Waals surface area contributed by atoms with Crippen molar-refractivity contribution in [2.24, 2.45) is 0 Å². The van der Waals surface area contributed by atoms with Crippen molar-refractivity contribution in [1.29, 1.82) is 0 Å². The van der Waals surface area contributed by atoms with E-state index in [1.807, 2.05) is 36.5 Å². The Labute approximate surface area is 314 Å². The number of thiophene rings is 1. The third kappa shape index (κ3) is 6.24. The van der Waals surface area contributed by atoms with E-state index >= 15 is 0 Å². The Morgan fingerprint density at radius 3 is 1.96 bits per heavy atom. The molecule has 1 aliphatic rings. The fraction of sp³-hybridized carbons (Fsp3) is 0.0192. The smallest absolute Gasteiger partial charge is 0.0361 e. The van der Waals surface area contributed by atoms with Crippen LogP contribution in [0.25, 0.3) is 93.3 Å². The maximum absolute atomic E-state index is 4.06. The standard InChI is InChI=1S/C52H36S/c1-3-5-7-13-35-18-19-38-22-25-46(47(12-4-2)50(38)28-35)42-24-27-49-48-26-23-41(33-51(48)53-52(49)34-42)45-31-43(36-14-8-6-9-15-36)30-44(32-45)40-21-20-37-16-10-11-17-39(37)29-40/h3-27,29-34H,2H2,1H3/b5-3-,13-7-,47-12-. The van der Waals surface area contributed by atoms with E-state index < -0.39 is 0 Å². The maximum atomic E-state index is 4.06. The Balaban J connectivity index is 1.16. The van der Waals surface area contributed by atoms with Crippen molar-refractivity contribution in [2.45, 2.75) is 6.92 Å². The summed E-state index contributed by atoms with van der Waals surface area (Å²) in [5.41, 5.74) is 15.6. The summed E-state index contributed by atoms with van der Waals surface area (Å²) in [6.07, 6.45) is 16.5. The predicted octanol–water partition coefficient (Wildman–Crippen LogP) is 13.3. The first-order valence-corrected chi connectivity index (χ1v) is 18.9. The maximum Gasteiger partial charge on any atom is 0.0361 e. The zero-order valence-electron chi connectivity index (χ0n) is 29.5. The highest BCUT2D eigenvalue weighted by Crippen LogP contribution is 2.40. The minimum absolute atomic E-state index is 1.06. The van der Waals surface area contributed by atoms with Crippen molar-refractivity contribution in [3.05, 3.63) is 204 Å². The lowest BCUT2D eigenvalue weighted by atomic mass is 9.92. The van der Waals surface area contributed by atoms with Crippen LogP contribution in [0.3, 0.4) is 0 Å². The van der Waals surface area contributed by atoms with Gasteiger partial charge in [-0.25, -0.2) is 0 Å². The summed E-state index contributed by atoms with van der Waals surface area (Å²) in [6, 6.07) is 51.4. The van der Waals surface area contributed by atoms with Crippen molar-refractivity contribution >= 4 is 60.2 Å². The highest BCUT2D eigenvalue weighted by atomic mass is 32.1. The summed E-state index contributed by atoms with van der Waals surface area (Å²) >= 11 is 1.86. The van der Waals surface area contributed by atoms with Crippen LogP contribution in [-0.2, 0) is 0 Å². The van der Waals surface area contributed by atoms with Crippen LogP contribution in [-0.4, -0.2) is 0 Å². The molecule has 0 nitrogen and oxygen atoms in total. The van der Waals surface area contributed by atoms with Gasteiger partial charge in [-0.05, 0) is 122 Å². The quantitative estimate of drug-likeness (QED) is 0.146. The third-order valence-corrected chi connectivity index (χ3v) is 11.2. The Hall–Kier alpha value is -6.50. The molecule has 1 heterocycles. The van der Waals surface area contributed by atoms with Gasteiger partial charge >= 0.3 is 0 Å². The summed E-state index contributed by atoms with van der Waals surface area (Å²) in [6.45, 7) is 6.08. The molecule has 0 fully saturated rings. The largest absolute Gasteiger partial charge is 0.135 e. The van der Waals surface area contributed by atoms with Gasteiger partial charge in [-0.2, -0.15) is 0 Å². The molecule has 0 atom stereocenters. The molecule has 9 rings (SSSR count). The minimum Gasteiger partial charge on any atom is -0.135 e. The summed E-state index contributed by atoms with van der Waals surface area (Å²) in [5.74, 6) is 0. The van der Waals surface area contributed by atoms with E-state index in [2.05, 4.69) is 182 Å². The zero-order chi connectivity index (χ0) is 35.7. The minimum atomic E-state index is 1.06. The fourth-order valence-corrected chi connectivity index (χ4v) is 8.63. The van der Waals surface area contributed by atoms with Gasteiger partial charge in [0.15, 0.2) is 0 Å². The molecular formula is C52H36S. The molecule has 1 heteroatoms. The second kappa shape index (κ2) is 13.9. The van der Waals surface area contributed by atoms with E-state index in [4.69, 9.17) is 0 Å². The number of hydrogen-bond donors (Lipinski definition) is 0. The highest BCUT2D eigenvalue weighted by Gasteiger charge is 2.13. The van der Waals surface area contributed by atoms with Gasteiger partial charge in [0.2, 0.25) is 0 Å². The number of allylic oxidation sites excluding steroid dienone is 7. The van der Waals surface area contributed by atoms with E-state index in [-0.39, 0.29) is 0 Å². The Morgan fingerprint density at radius 1 is 0.547 bits per heavy atom. The Morgan fingerprint density at radius 2 is 1.21 bits per heavy atom. The highest BCUT2D eigenvalue weighted by molar-refractivity contribution is 7.25. The van der Waals surface area contributed by atoms with Gasteiger partial charge in [0.1, 0.15) is 0 Å². The van der Waals surface area contributed by atoms with Gasteiger partial charge < -0.3 is 0 Å². The molecule has 8 aromatic rings. The van der Waals surface area contributed by atoms with Crippen LogP contribution in [0.2, 0.25) is 0 Å². The molecule has 0 aliphatic heterocycles. The molecule has 0 radical (unpaired) electrons. The molecule has 0 amide bonds. The first kappa shape index (κ1) is 32.4. The van der Waals surface area contributed by atoms with Gasteiger partial charge in [0.05, 0.1) is 0 Å². The molecule has 0 unspecified atom stereocenters. The van der Waals surface area contributed by atoms with Crippen molar-refractivity contribution < 1.29 is 0 Å². The van der Waals surface area contributed by atoms with E-state index in [0.717, 1.165) is 16.0 Å². The van der Waals surface area contributed by atoms with Crippen LogP contribution in [0.1, 0.15) is 12.5 Å². The first-order valence-electron chi connectivity index (χ1n) is 18.1. The lowest BCUT2D eigenvalue weighted by molar-refractivity contribution is 1.46. The summed E-state index contributed by atoms with van der Waals surface area (Å²) in [4.78, 5) is 0. The monoisotopic (exact) mass is 692 g/mol. The van der Waals surface area contributed by atoms with Gasteiger partial charge in [-0.3, -0.25) is 0 Å². The normalized spacial score (nSPS) is 12.9. The predicted molar refractivity (Wildman–Crippen MR) is 232 cm³/mol. The summed E-state index contributed by atoms with van der Waals surface area (Å²) in [5, 5.41) is 7.32. The third-order valence-electron chi connectivity index (χ3n) is 10.1. The molecule has 250 valence electrons. The van der Waals surface area contributed by atoms with Crippen LogP contribution in [0.5, 0.6) is 0 Å². The van der Waals surface area contributed by atoms with Crippen LogP contribution < -0.4 is 10.4 Å². The SMILES string of the molecule is C=C/C=c1/c(-c2ccc3c(c2)sc2cc(-c4cc(-c5ccccc5)cc(-c5ccc6ccccc6c5)c4)ccc23)ccc2c1=C=C(/C=C\C=C/C)C=C2. The van der Waals surface area contributed by atoms with E-state index in [0.29, 0.717) is 0 Å². The van der Waals surface area contributed by atoms with Gasteiger partial charge in [-0.15, -0.1) is 17.1 Å². The number of hydrogen-bond acceptors (Lipinski definition) is 1. The lowest BCUT2D eigenvalue weighted by Gasteiger charge is -2.12. The molecule has 1 aliphatic carbocycles. The van der Waals surface area contributed by atoms with Crippen LogP contribution in [0.4, 0.5) is 0 Å². The van der Waals surface area contributed by atoms with Gasteiger partial charge in [0.25, 0.3) is 0 Å². The number of benzene rings is 7. The molecule has 53 heavy (non-hydrogen) atoms. The molecular weight excluding hydrogens is 657 g/mol. The second-order valence-corrected chi connectivity index (χ2v) is 14.5.